The Kier molecular flexibility index (Phi) is 6.36. The number of para-hydroxylation sites is 1. The van der Waals surface area contributed by atoms with Gasteiger partial charge in [-0.2, -0.15) is 0 Å². The van der Waals surface area contributed by atoms with Gasteiger partial charge in [-0.25, -0.2) is 0 Å². The standard InChI is InChI=1S/C22H21N3O3/c1-28-18-11-9-16(10-12-18)21(26)25-20-8-3-2-7-19(20)22(27)24-15-13-17-6-4-5-14-23-17/h2-12,14H,13,15H2,1H3,(H,24,27)(H,25,26). The van der Waals surface area contributed by atoms with Gasteiger partial charge in [-0.3, -0.25) is 14.6 Å². The van der Waals surface area contributed by atoms with Crippen molar-refractivity contribution in [2.24, 2.45) is 0 Å². The van der Waals surface area contributed by atoms with E-state index in [1.54, 1.807) is 61.8 Å². The maximum Gasteiger partial charge on any atom is 0.255 e. The molecule has 0 aliphatic carbocycles. The summed E-state index contributed by atoms with van der Waals surface area (Å²) in [7, 11) is 1.57. The Morgan fingerprint density at radius 2 is 1.68 bits per heavy atom. The molecular weight excluding hydrogens is 354 g/mol. The largest absolute Gasteiger partial charge is 0.497 e. The van der Waals surface area contributed by atoms with Crippen LogP contribution in [0.2, 0.25) is 0 Å². The van der Waals surface area contributed by atoms with Gasteiger partial charge in [0.2, 0.25) is 0 Å². The number of rotatable bonds is 7. The maximum atomic E-state index is 12.6. The fourth-order valence-corrected chi connectivity index (χ4v) is 2.67. The van der Waals surface area contributed by atoms with Gasteiger partial charge in [0.1, 0.15) is 5.75 Å². The van der Waals surface area contributed by atoms with E-state index < -0.39 is 0 Å². The van der Waals surface area contributed by atoms with Crippen LogP contribution >= 0.6 is 0 Å². The quantitative estimate of drug-likeness (QED) is 0.664. The van der Waals surface area contributed by atoms with Gasteiger partial charge < -0.3 is 15.4 Å². The number of benzene rings is 2. The lowest BCUT2D eigenvalue weighted by atomic mass is 10.1. The third-order valence-corrected chi connectivity index (χ3v) is 4.16. The van der Waals surface area contributed by atoms with Crippen LogP contribution in [0.3, 0.4) is 0 Å². The van der Waals surface area contributed by atoms with E-state index in [0.29, 0.717) is 35.5 Å². The Balaban J connectivity index is 1.64. The van der Waals surface area contributed by atoms with Crippen LogP contribution in [0.25, 0.3) is 0 Å². The number of ether oxygens (including phenoxy) is 1. The highest BCUT2D eigenvalue weighted by Crippen LogP contribution is 2.17. The first-order valence-electron chi connectivity index (χ1n) is 8.90. The van der Waals surface area contributed by atoms with Crippen LogP contribution in [0, 0.1) is 0 Å². The molecule has 1 aromatic heterocycles. The van der Waals surface area contributed by atoms with E-state index >= 15 is 0 Å². The van der Waals surface area contributed by atoms with Crippen molar-refractivity contribution in [2.45, 2.75) is 6.42 Å². The molecule has 6 nitrogen and oxygen atoms in total. The smallest absolute Gasteiger partial charge is 0.255 e. The molecule has 0 atom stereocenters. The van der Waals surface area contributed by atoms with Gasteiger partial charge in [0.25, 0.3) is 11.8 Å². The second kappa shape index (κ2) is 9.32. The van der Waals surface area contributed by atoms with Crippen LogP contribution in [-0.2, 0) is 6.42 Å². The molecule has 0 spiro atoms. The zero-order chi connectivity index (χ0) is 19.8. The van der Waals surface area contributed by atoms with Crippen molar-refractivity contribution in [3.8, 4) is 5.75 Å². The van der Waals surface area contributed by atoms with Crippen LogP contribution in [0.5, 0.6) is 5.75 Å². The third kappa shape index (κ3) is 4.94. The molecule has 0 aliphatic heterocycles. The number of amides is 2. The zero-order valence-corrected chi connectivity index (χ0v) is 15.5. The normalized spacial score (nSPS) is 10.2. The Morgan fingerprint density at radius 1 is 0.929 bits per heavy atom. The molecule has 142 valence electrons. The first-order chi connectivity index (χ1) is 13.7. The van der Waals surface area contributed by atoms with Crippen molar-refractivity contribution in [3.63, 3.8) is 0 Å². The van der Waals surface area contributed by atoms with Crippen molar-refractivity contribution in [1.29, 1.82) is 0 Å². The van der Waals surface area contributed by atoms with E-state index in [0.717, 1.165) is 5.69 Å². The highest BCUT2D eigenvalue weighted by atomic mass is 16.5. The van der Waals surface area contributed by atoms with Crippen LogP contribution in [0.15, 0.2) is 72.9 Å². The second-order valence-electron chi connectivity index (χ2n) is 6.06. The molecule has 3 rings (SSSR count). The van der Waals surface area contributed by atoms with E-state index in [1.807, 2.05) is 18.2 Å². The molecule has 0 aliphatic rings. The monoisotopic (exact) mass is 375 g/mol. The highest BCUT2D eigenvalue weighted by molar-refractivity contribution is 6.09. The number of carbonyl (C=O) groups excluding carboxylic acids is 2. The molecule has 2 amide bonds. The van der Waals surface area contributed by atoms with E-state index in [1.165, 1.54) is 0 Å². The lowest BCUT2D eigenvalue weighted by Gasteiger charge is -2.12. The molecule has 0 radical (unpaired) electrons. The summed E-state index contributed by atoms with van der Waals surface area (Å²) in [6, 6.07) is 19.4. The average molecular weight is 375 g/mol. The fourth-order valence-electron chi connectivity index (χ4n) is 2.67. The number of hydrogen-bond donors (Lipinski definition) is 2. The van der Waals surface area contributed by atoms with E-state index in [-0.39, 0.29) is 11.8 Å². The number of nitrogens with zero attached hydrogens (tertiary/aromatic N) is 1. The Hall–Kier alpha value is -3.67. The molecule has 28 heavy (non-hydrogen) atoms. The van der Waals surface area contributed by atoms with Gasteiger partial charge in [-0.05, 0) is 48.5 Å². The minimum Gasteiger partial charge on any atom is -0.497 e. The van der Waals surface area contributed by atoms with Crippen molar-refractivity contribution in [3.05, 3.63) is 89.7 Å². The van der Waals surface area contributed by atoms with E-state index in [4.69, 9.17) is 4.74 Å². The number of methoxy groups -OCH3 is 1. The molecule has 1 heterocycles. The Labute approximate surface area is 163 Å². The lowest BCUT2D eigenvalue weighted by molar-refractivity contribution is 0.0955. The van der Waals surface area contributed by atoms with Gasteiger partial charge in [0, 0.05) is 30.4 Å². The summed E-state index contributed by atoms with van der Waals surface area (Å²) in [5.74, 6) is 0.127. The minimum absolute atomic E-state index is 0.249. The molecular formula is C22H21N3O3. The average Bonchev–Trinajstić information content (AvgIpc) is 2.75. The van der Waals surface area contributed by atoms with Crippen LogP contribution in [-0.4, -0.2) is 30.5 Å². The molecule has 6 heteroatoms. The van der Waals surface area contributed by atoms with Gasteiger partial charge in [0.15, 0.2) is 0 Å². The van der Waals surface area contributed by atoms with Gasteiger partial charge in [-0.1, -0.05) is 18.2 Å². The van der Waals surface area contributed by atoms with E-state index in [9.17, 15) is 9.59 Å². The van der Waals surface area contributed by atoms with Crippen molar-refractivity contribution < 1.29 is 14.3 Å². The molecule has 2 aromatic carbocycles. The number of carbonyl (C=O) groups is 2. The van der Waals surface area contributed by atoms with Crippen LogP contribution in [0.1, 0.15) is 26.4 Å². The van der Waals surface area contributed by atoms with Gasteiger partial charge in [0.05, 0.1) is 18.4 Å². The van der Waals surface area contributed by atoms with Crippen LogP contribution < -0.4 is 15.4 Å². The molecule has 0 saturated carbocycles. The van der Waals surface area contributed by atoms with Crippen LogP contribution in [0.4, 0.5) is 5.69 Å². The summed E-state index contributed by atoms with van der Waals surface area (Å²) < 4.78 is 5.10. The summed E-state index contributed by atoms with van der Waals surface area (Å²) in [5.41, 5.74) is 2.25. The molecule has 0 fully saturated rings. The second-order valence-corrected chi connectivity index (χ2v) is 6.06. The summed E-state index contributed by atoms with van der Waals surface area (Å²) in [6.07, 6.45) is 2.36. The summed E-state index contributed by atoms with van der Waals surface area (Å²) in [5, 5.41) is 5.67. The topological polar surface area (TPSA) is 80.3 Å². The van der Waals surface area contributed by atoms with Crippen molar-refractivity contribution in [1.82, 2.24) is 10.3 Å². The first-order valence-corrected chi connectivity index (χ1v) is 8.90. The lowest BCUT2D eigenvalue weighted by Crippen LogP contribution is -2.27. The first kappa shape index (κ1) is 19.1. The van der Waals surface area contributed by atoms with Crippen molar-refractivity contribution in [2.75, 3.05) is 19.0 Å². The highest BCUT2D eigenvalue weighted by Gasteiger charge is 2.14. The summed E-state index contributed by atoms with van der Waals surface area (Å²) in [4.78, 5) is 29.3. The van der Waals surface area contributed by atoms with Crippen molar-refractivity contribution >= 4 is 17.5 Å². The third-order valence-electron chi connectivity index (χ3n) is 4.16. The molecule has 2 N–H and O–H groups in total. The molecule has 0 unspecified atom stereocenters. The zero-order valence-electron chi connectivity index (χ0n) is 15.5. The Bertz CT molecular complexity index is 941. The maximum absolute atomic E-state index is 12.6. The number of pyridine rings is 1. The Morgan fingerprint density at radius 3 is 2.39 bits per heavy atom. The predicted molar refractivity (Wildman–Crippen MR) is 108 cm³/mol. The molecule has 0 bridgehead atoms. The fraction of sp³-hybridized carbons (Fsp3) is 0.136. The summed E-state index contributed by atoms with van der Waals surface area (Å²) in [6.45, 7) is 0.455. The van der Waals surface area contributed by atoms with Gasteiger partial charge in [-0.15, -0.1) is 0 Å². The number of anilines is 1. The molecule has 3 aromatic rings. The summed E-state index contributed by atoms with van der Waals surface area (Å²) >= 11 is 0. The SMILES string of the molecule is COc1ccc(C(=O)Nc2ccccc2C(=O)NCCc2ccccn2)cc1. The number of aromatic nitrogens is 1. The molecule has 0 saturated heterocycles. The predicted octanol–water partition coefficient (Wildman–Crippen LogP) is 3.32. The minimum atomic E-state index is -0.295. The number of nitrogens with one attached hydrogen (secondary N) is 2. The van der Waals surface area contributed by atoms with E-state index in [2.05, 4.69) is 15.6 Å². The van der Waals surface area contributed by atoms with Gasteiger partial charge >= 0.3 is 0 Å². The number of hydrogen-bond acceptors (Lipinski definition) is 4.